The van der Waals surface area contributed by atoms with E-state index < -0.39 is 0 Å². The number of hydrogen-bond acceptors (Lipinski definition) is 2. The average molecular weight is 267 g/mol. The highest BCUT2D eigenvalue weighted by Crippen LogP contribution is 2.39. The van der Waals surface area contributed by atoms with Crippen molar-refractivity contribution in [1.29, 1.82) is 0 Å². The number of hydrogen-bond donors (Lipinski definition) is 1. The zero-order valence-corrected chi connectivity index (χ0v) is 11.9. The first kappa shape index (κ1) is 13.2. The van der Waals surface area contributed by atoms with Crippen LogP contribution in [-0.2, 0) is 18.4 Å². The molecule has 0 aromatic heterocycles. The Morgan fingerprint density at radius 1 is 1.15 bits per heavy atom. The molecule has 0 saturated carbocycles. The van der Waals surface area contributed by atoms with E-state index in [0.29, 0.717) is 0 Å². The molecule has 0 saturated heterocycles. The smallest absolute Gasteiger partial charge is 0.119 e. The van der Waals surface area contributed by atoms with E-state index in [1.54, 1.807) is 7.11 Å². The van der Waals surface area contributed by atoms with Gasteiger partial charge in [0.25, 0.3) is 0 Å². The van der Waals surface area contributed by atoms with Gasteiger partial charge in [0.05, 0.1) is 7.11 Å². The van der Waals surface area contributed by atoms with Gasteiger partial charge in [-0.25, -0.2) is 0 Å². The summed E-state index contributed by atoms with van der Waals surface area (Å²) >= 11 is 0. The fraction of sp³-hybridized carbons (Fsp3) is 0.333. The predicted molar refractivity (Wildman–Crippen MR) is 81.9 cm³/mol. The van der Waals surface area contributed by atoms with Crippen LogP contribution >= 0.6 is 0 Å². The van der Waals surface area contributed by atoms with Crippen LogP contribution in [0.3, 0.4) is 0 Å². The number of benzene rings is 2. The minimum atomic E-state index is -0.209. The minimum Gasteiger partial charge on any atom is -0.497 e. The fourth-order valence-electron chi connectivity index (χ4n) is 3.13. The van der Waals surface area contributed by atoms with Crippen molar-refractivity contribution >= 4 is 0 Å². The molecule has 0 aliphatic heterocycles. The van der Waals surface area contributed by atoms with Gasteiger partial charge in [-0.15, -0.1) is 0 Å². The molecule has 104 valence electrons. The van der Waals surface area contributed by atoms with E-state index in [1.165, 1.54) is 16.7 Å². The second kappa shape index (κ2) is 5.29. The second-order valence-electron chi connectivity index (χ2n) is 5.66. The average Bonchev–Trinajstić information content (AvgIpc) is 2.84. The van der Waals surface area contributed by atoms with E-state index in [1.807, 2.05) is 6.07 Å². The highest BCUT2D eigenvalue weighted by atomic mass is 16.5. The molecule has 1 atom stereocenters. The van der Waals surface area contributed by atoms with Crippen LogP contribution in [0.2, 0.25) is 0 Å². The highest BCUT2D eigenvalue weighted by molar-refractivity contribution is 5.43. The summed E-state index contributed by atoms with van der Waals surface area (Å²) in [6.45, 7) is 0. The molecule has 2 N–H and O–H groups in total. The first-order valence-electron chi connectivity index (χ1n) is 7.21. The highest BCUT2D eigenvalue weighted by Gasteiger charge is 2.34. The summed E-state index contributed by atoms with van der Waals surface area (Å²) in [6, 6.07) is 16.9. The van der Waals surface area contributed by atoms with E-state index in [-0.39, 0.29) is 5.54 Å². The van der Waals surface area contributed by atoms with Crippen molar-refractivity contribution < 1.29 is 4.74 Å². The third-order valence-corrected chi connectivity index (χ3v) is 4.40. The van der Waals surface area contributed by atoms with E-state index in [9.17, 15) is 0 Å². The van der Waals surface area contributed by atoms with Crippen LogP contribution in [0, 0.1) is 0 Å². The molecule has 0 bridgehead atoms. The molecule has 20 heavy (non-hydrogen) atoms. The van der Waals surface area contributed by atoms with Crippen LogP contribution in [0.1, 0.15) is 29.5 Å². The summed E-state index contributed by atoms with van der Waals surface area (Å²) in [7, 11) is 1.71. The molecule has 1 unspecified atom stereocenters. The van der Waals surface area contributed by atoms with E-state index >= 15 is 0 Å². The zero-order chi connectivity index (χ0) is 14.0. The standard InChI is InChI=1S/C18H21NO/c1-20-16-8-7-15-10-12-18(19,17(15)13-16)11-9-14-5-3-2-4-6-14/h2-8,13H,9-12,19H2,1H3. The third-order valence-electron chi connectivity index (χ3n) is 4.40. The lowest BCUT2D eigenvalue weighted by molar-refractivity contribution is 0.396. The van der Waals surface area contributed by atoms with Crippen molar-refractivity contribution in [2.75, 3.05) is 7.11 Å². The molecule has 2 aromatic carbocycles. The van der Waals surface area contributed by atoms with Gasteiger partial charge in [-0.3, -0.25) is 0 Å². The van der Waals surface area contributed by atoms with Crippen molar-refractivity contribution in [1.82, 2.24) is 0 Å². The monoisotopic (exact) mass is 267 g/mol. The summed E-state index contributed by atoms with van der Waals surface area (Å²) in [5.41, 5.74) is 10.5. The van der Waals surface area contributed by atoms with Gasteiger partial charge in [0.1, 0.15) is 5.75 Å². The van der Waals surface area contributed by atoms with Crippen LogP contribution in [-0.4, -0.2) is 7.11 Å². The van der Waals surface area contributed by atoms with Crippen molar-refractivity contribution in [3.8, 4) is 5.75 Å². The maximum Gasteiger partial charge on any atom is 0.119 e. The number of aryl methyl sites for hydroxylation is 2. The Morgan fingerprint density at radius 2 is 1.95 bits per heavy atom. The molecular weight excluding hydrogens is 246 g/mol. The third kappa shape index (κ3) is 2.44. The number of fused-ring (bicyclic) bond motifs is 1. The zero-order valence-electron chi connectivity index (χ0n) is 11.9. The van der Waals surface area contributed by atoms with Gasteiger partial charge in [0, 0.05) is 5.54 Å². The van der Waals surface area contributed by atoms with Gasteiger partial charge in [-0.1, -0.05) is 36.4 Å². The maximum atomic E-state index is 6.69. The largest absolute Gasteiger partial charge is 0.497 e. The first-order chi connectivity index (χ1) is 9.71. The minimum absolute atomic E-state index is 0.209. The van der Waals surface area contributed by atoms with Gasteiger partial charge in [-0.05, 0) is 54.5 Å². The van der Waals surface area contributed by atoms with E-state index in [4.69, 9.17) is 10.5 Å². The number of rotatable bonds is 4. The molecule has 0 spiro atoms. The van der Waals surface area contributed by atoms with Crippen molar-refractivity contribution in [2.24, 2.45) is 5.73 Å². The van der Waals surface area contributed by atoms with Crippen LogP contribution < -0.4 is 10.5 Å². The number of methoxy groups -OCH3 is 1. The molecular formula is C18H21NO. The molecule has 2 aromatic rings. The predicted octanol–water partition coefficient (Wildman–Crippen LogP) is 3.43. The lowest BCUT2D eigenvalue weighted by atomic mass is 9.86. The van der Waals surface area contributed by atoms with E-state index in [0.717, 1.165) is 31.4 Å². The number of ether oxygens (including phenoxy) is 1. The molecule has 0 radical (unpaired) electrons. The Balaban J connectivity index is 1.81. The summed E-state index contributed by atoms with van der Waals surface area (Å²) < 4.78 is 5.34. The lowest BCUT2D eigenvalue weighted by Crippen LogP contribution is -2.34. The van der Waals surface area contributed by atoms with Gasteiger partial charge in [0.15, 0.2) is 0 Å². The summed E-state index contributed by atoms with van der Waals surface area (Å²) in [5.74, 6) is 0.903. The maximum absolute atomic E-state index is 6.69. The lowest BCUT2D eigenvalue weighted by Gasteiger charge is -2.26. The summed E-state index contributed by atoms with van der Waals surface area (Å²) in [5, 5.41) is 0. The summed E-state index contributed by atoms with van der Waals surface area (Å²) in [6.07, 6.45) is 4.11. The molecule has 2 nitrogen and oxygen atoms in total. The Hall–Kier alpha value is -1.80. The Bertz CT molecular complexity index is 594. The molecule has 3 rings (SSSR count). The van der Waals surface area contributed by atoms with Gasteiger partial charge in [-0.2, -0.15) is 0 Å². The van der Waals surface area contributed by atoms with Gasteiger partial charge in [0.2, 0.25) is 0 Å². The molecule has 0 heterocycles. The van der Waals surface area contributed by atoms with Crippen LogP contribution in [0.25, 0.3) is 0 Å². The van der Waals surface area contributed by atoms with Gasteiger partial charge >= 0.3 is 0 Å². The second-order valence-corrected chi connectivity index (χ2v) is 5.66. The molecule has 0 fully saturated rings. The topological polar surface area (TPSA) is 35.2 Å². The summed E-state index contributed by atoms with van der Waals surface area (Å²) in [4.78, 5) is 0. The molecule has 2 heteroatoms. The Morgan fingerprint density at radius 3 is 2.70 bits per heavy atom. The van der Waals surface area contributed by atoms with Crippen LogP contribution in [0.5, 0.6) is 5.75 Å². The normalized spacial score (nSPS) is 20.7. The molecule has 0 amide bonds. The van der Waals surface area contributed by atoms with E-state index in [2.05, 4.69) is 42.5 Å². The SMILES string of the molecule is COc1ccc2c(c1)C(N)(CCc1ccccc1)CC2. The van der Waals surface area contributed by atoms with Crippen LogP contribution in [0.15, 0.2) is 48.5 Å². The molecule has 1 aliphatic rings. The van der Waals surface area contributed by atoms with Gasteiger partial charge < -0.3 is 10.5 Å². The molecule has 1 aliphatic carbocycles. The quantitative estimate of drug-likeness (QED) is 0.921. The van der Waals surface area contributed by atoms with Crippen molar-refractivity contribution in [3.05, 3.63) is 65.2 Å². The fourth-order valence-corrected chi connectivity index (χ4v) is 3.13. The Kier molecular flexibility index (Phi) is 3.49. The van der Waals surface area contributed by atoms with Crippen LogP contribution in [0.4, 0.5) is 0 Å². The van der Waals surface area contributed by atoms with Crippen molar-refractivity contribution in [3.63, 3.8) is 0 Å². The van der Waals surface area contributed by atoms with Crippen molar-refractivity contribution in [2.45, 2.75) is 31.2 Å². The number of nitrogens with two attached hydrogens (primary N) is 1. The Labute approximate surface area is 120 Å². The first-order valence-corrected chi connectivity index (χ1v) is 7.21.